The molecule has 2 fully saturated rings. The molecule has 0 radical (unpaired) electrons. The predicted molar refractivity (Wildman–Crippen MR) is 82.6 cm³/mol. The third-order valence-electron chi connectivity index (χ3n) is 5.60. The zero-order valence-corrected chi connectivity index (χ0v) is 13.4. The summed E-state index contributed by atoms with van der Waals surface area (Å²) in [5.74, 6) is 0.730. The molecule has 0 spiro atoms. The number of aliphatic hydroxyl groups is 1. The smallest absolute Gasteiger partial charge is 0.164 e. The molecule has 20 heavy (non-hydrogen) atoms. The van der Waals surface area contributed by atoms with E-state index in [0.29, 0.717) is 11.2 Å². The van der Waals surface area contributed by atoms with Crippen molar-refractivity contribution in [3.05, 3.63) is 11.8 Å². The number of hydrogen-bond donors (Lipinski definition) is 1. The highest BCUT2D eigenvalue weighted by atomic mass is 16.3. The number of carbonyl (C=O) groups is 1. The van der Waals surface area contributed by atoms with Gasteiger partial charge in [0, 0.05) is 17.4 Å². The third kappa shape index (κ3) is 3.65. The fraction of sp³-hybridized carbons (Fsp3) is 0.833. The van der Waals surface area contributed by atoms with Crippen molar-refractivity contribution in [1.82, 2.24) is 0 Å². The second kappa shape index (κ2) is 5.91. The first-order valence-electron chi connectivity index (χ1n) is 8.27. The molecule has 2 aliphatic rings. The molecule has 0 aromatic rings. The lowest BCUT2D eigenvalue weighted by Gasteiger charge is -2.40. The van der Waals surface area contributed by atoms with Gasteiger partial charge in [-0.2, -0.15) is 0 Å². The lowest BCUT2D eigenvalue weighted by molar-refractivity contribution is -0.125. The van der Waals surface area contributed by atoms with Crippen molar-refractivity contribution in [1.29, 1.82) is 0 Å². The minimum Gasteiger partial charge on any atom is -0.512 e. The molecule has 0 saturated heterocycles. The Morgan fingerprint density at radius 3 is 2.10 bits per heavy atom. The molecular weight excluding hydrogens is 248 g/mol. The van der Waals surface area contributed by atoms with Gasteiger partial charge in [0.15, 0.2) is 5.78 Å². The predicted octanol–water partition coefficient (Wildman–Crippen LogP) is 5.18. The van der Waals surface area contributed by atoms with E-state index in [1.807, 2.05) is 0 Å². The Morgan fingerprint density at radius 1 is 1.00 bits per heavy atom. The molecular formula is C18H30O2. The molecule has 2 rings (SSSR count). The van der Waals surface area contributed by atoms with E-state index in [1.165, 1.54) is 19.3 Å². The minimum absolute atomic E-state index is 0.149. The summed E-state index contributed by atoms with van der Waals surface area (Å²) < 4.78 is 0. The monoisotopic (exact) mass is 278 g/mol. The summed E-state index contributed by atoms with van der Waals surface area (Å²) >= 11 is 0. The summed E-state index contributed by atoms with van der Waals surface area (Å²) in [6.07, 6.45) is 11.4. The van der Waals surface area contributed by atoms with Crippen LogP contribution in [0.2, 0.25) is 0 Å². The van der Waals surface area contributed by atoms with Gasteiger partial charge >= 0.3 is 0 Å². The van der Waals surface area contributed by atoms with Crippen molar-refractivity contribution in [3.63, 3.8) is 0 Å². The van der Waals surface area contributed by atoms with E-state index < -0.39 is 0 Å². The summed E-state index contributed by atoms with van der Waals surface area (Å²) in [5, 5.41) is 10.2. The van der Waals surface area contributed by atoms with E-state index in [0.717, 1.165) is 38.5 Å². The molecule has 2 aliphatic carbocycles. The maximum absolute atomic E-state index is 12.5. The molecule has 0 aromatic heterocycles. The lowest BCUT2D eigenvalue weighted by Crippen LogP contribution is -2.34. The van der Waals surface area contributed by atoms with Crippen LogP contribution in [-0.2, 0) is 4.79 Å². The highest BCUT2D eigenvalue weighted by Crippen LogP contribution is 2.45. The zero-order valence-electron chi connectivity index (χ0n) is 13.4. The molecule has 0 heterocycles. The van der Waals surface area contributed by atoms with Crippen LogP contribution in [0.25, 0.3) is 0 Å². The third-order valence-corrected chi connectivity index (χ3v) is 5.60. The normalized spacial score (nSPS) is 27.2. The van der Waals surface area contributed by atoms with Crippen molar-refractivity contribution in [2.75, 3.05) is 0 Å². The van der Waals surface area contributed by atoms with E-state index in [-0.39, 0.29) is 17.1 Å². The van der Waals surface area contributed by atoms with Gasteiger partial charge in [0.2, 0.25) is 0 Å². The standard InChI is InChI=1S/C18H30O2/c1-17(2)9-11-18(3,12-10-17)16(20)13-15(19)14-7-5-4-6-8-14/h13-14,19H,4-12H2,1-3H3/b15-13-. The largest absolute Gasteiger partial charge is 0.512 e. The van der Waals surface area contributed by atoms with Gasteiger partial charge in [0.05, 0.1) is 5.76 Å². The van der Waals surface area contributed by atoms with Crippen LogP contribution in [0.15, 0.2) is 11.8 Å². The van der Waals surface area contributed by atoms with Crippen molar-refractivity contribution < 1.29 is 9.90 Å². The average molecular weight is 278 g/mol. The Kier molecular flexibility index (Phi) is 4.61. The van der Waals surface area contributed by atoms with Gasteiger partial charge in [-0.05, 0) is 43.9 Å². The lowest BCUT2D eigenvalue weighted by atomic mass is 9.64. The van der Waals surface area contributed by atoms with E-state index in [4.69, 9.17) is 0 Å². The van der Waals surface area contributed by atoms with Gasteiger partial charge in [0.25, 0.3) is 0 Å². The summed E-state index contributed by atoms with van der Waals surface area (Å²) in [6.45, 7) is 6.65. The quantitative estimate of drug-likeness (QED) is 0.570. The molecule has 0 aromatic carbocycles. The number of hydrogen-bond acceptors (Lipinski definition) is 2. The Morgan fingerprint density at radius 2 is 1.55 bits per heavy atom. The van der Waals surface area contributed by atoms with E-state index in [1.54, 1.807) is 6.08 Å². The van der Waals surface area contributed by atoms with Gasteiger partial charge in [-0.25, -0.2) is 0 Å². The molecule has 0 aliphatic heterocycles. The highest BCUT2D eigenvalue weighted by Gasteiger charge is 2.39. The van der Waals surface area contributed by atoms with Crippen LogP contribution in [0.4, 0.5) is 0 Å². The SMILES string of the molecule is CC1(C)CCC(C)(C(=O)/C=C(\O)C2CCCCC2)CC1. The first-order chi connectivity index (χ1) is 9.32. The van der Waals surface area contributed by atoms with Crippen LogP contribution < -0.4 is 0 Å². The van der Waals surface area contributed by atoms with Crippen LogP contribution in [0.5, 0.6) is 0 Å². The average Bonchev–Trinajstić information content (AvgIpc) is 2.43. The van der Waals surface area contributed by atoms with Crippen LogP contribution in [0.1, 0.15) is 78.6 Å². The summed E-state index contributed by atoms with van der Waals surface area (Å²) in [7, 11) is 0. The summed E-state index contributed by atoms with van der Waals surface area (Å²) in [6, 6.07) is 0. The number of carbonyl (C=O) groups excluding carboxylic acids is 1. The first-order valence-corrected chi connectivity index (χ1v) is 8.27. The molecule has 0 bridgehead atoms. The maximum atomic E-state index is 12.5. The number of aliphatic hydroxyl groups excluding tert-OH is 1. The van der Waals surface area contributed by atoms with Crippen LogP contribution in [-0.4, -0.2) is 10.9 Å². The zero-order chi connectivity index (χ0) is 14.8. The molecule has 2 saturated carbocycles. The van der Waals surface area contributed by atoms with Crippen molar-refractivity contribution in [2.45, 2.75) is 78.6 Å². The molecule has 0 atom stereocenters. The molecule has 0 unspecified atom stereocenters. The number of rotatable bonds is 3. The van der Waals surface area contributed by atoms with Crippen molar-refractivity contribution in [3.8, 4) is 0 Å². The topological polar surface area (TPSA) is 37.3 Å². The number of allylic oxidation sites excluding steroid dienone is 2. The summed E-state index contributed by atoms with van der Waals surface area (Å²) in [5.41, 5.74) is 0.118. The Bertz CT molecular complexity index is 376. The van der Waals surface area contributed by atoms with Gasteiger partial charge < -0.3 is 5.11 Å². The van der Waals surface area contributed by atoms with Crippen LogP contribution in [0.3, 0.4) is 0 Å². The fourth-order valence-electron chi connectivity index (χ4n) is 3.55. The van der Waals surface area contributed by atoms with Gasteiger partial charge in [-0.15, -0.1) is 0 Å². The van der Waals surface area contributed by atoms with Crippen LogP contribution in [0, 0.1) is 16.7 Å². The highest BCUT2D eigenvalue weighted by molar-refractivity contribution is 5.95. The van der Waals surface area contributed by atoms with Crippen molar-refractivity contribution in [2.24, 2.45) is 16.7 Å². The fourth-order valence-corrected chi connectivity index (χ4v) is 3.55. The van der Waals surface area contributed by atoms with E-state index in [2.05, 4.69) is 20.8 Å². The number of ketones is 1. The van der Waals surface area contributed by atoms with E-state index in [9.17, 15) is 9.90 Å². The molecule has 2 nitrogen and oxygen atoms in total. The summed E-state index contributed by atoms with van der Waals surface area (Å²) in [4.78, 5) is 12.5. The van der Waals surface area contributed by atoms with Gasteiger partial charge in [0.1, 0.15) is 0 Å². The van der Waals surface area contributed by atoms with E-state index >= 15 is 0 Å². The first kappa shape index (κ1) is 15.6. The molecule has 1 N–H and O–H groups in total. The van der Waals surface area contributed by atoms with Crippen LogP contribution >= 0.6 is 0 Å². The Balaban J connectivity index is 1.99. The minimum atomic E-state index is -0.252. The van der Waals surface area contributed by atoms with Gasteiger partial charge in [-0.3, -0.25) is 4.79 Å². The Labute approximate surface area is 123 Å². The van der Waals surface area contributed by atoms with Crippen molar-refractivity contribution >= 4 is 5.78 Å². The second-order valence-corrected chi connectivity index (χ2v) is 7.99. The Hall–Kier alpha value is -0.790. The van der Waals surface area contributed by atoms with Gasteiger partial charge in [-0.1, -0.05) is 40.0 Å². The second-order valence-electron chi connectivity index (χ2n) is 7.99. The maximum Gasteiger partial charge on any atom is 0.164 e. The molecule has 0 amide bonds. The molecule has 114 valence electrons. The molecule has 2 heteroatoms.